The lowest BCUT2D eigenvalue weighted by atomic mass is 9.97. The Morgan fingerprint density at radius 1 is 0.784 bits per heavy atom. The summed E-state index contributed by atoms with van der Waals surface area (Å²) in [5.41, 5.74) is 6.91. The largest absolute Gasteiger partial charge is 0.341 e. The van der Waals surface area contributed by atoms with Gasteiger partial charge in [-0.2, -0.15) is 0 Å². The molecule has 1 N–H and O–H groups in total. The second-order valence-corrected chi connectivity index (χ2v) is 11.3. The van der Waals surface area contributed by atoms with Crippen LogP contribution in [-0.2, 0) is 16.6 Å². The van der Waals surface area contributed by atoms with E-state index in [1.165, 1.54) is 10.6 Å². The molecule has 0 aromatic heterocycles. The summed E-state index contributed by atoms with van der Waals surface area (Å²) in [5.74, 6) is -0.198. The number of amides is 1. The summed E-state index contributed by atoms with van der Waals surface area (Å²) in [6, 6.07) is 30.5. The molecule has 0 spiro atoms. The van der Waals surface area contributed by atoms with Gasteiger partial charge in [0, 0.05) is 5.56 Å². The summed E-state index contributed by atoms with van der Waals surface area (Å²) in [7, 11) is -3.51. The fourth-order valence-corrected chi connectivity index (χ4v) is 5.56. The molecule has 0 heterocycles. The molecule has 0 bridgehead atoms. The number of hydrogen-bond donors (Lipinski definition) is 1. The molecule has 0 saturated heterocycles. The first-order chi connectivity index (χ1) is 17.6. The fraction of sp³-hybridized carbons (Fsp3) is 0.194. The normalized spacial score (nSPS) is 12.1. The van der Waals surface area contributed by atoms with Crippen LogP contribution in [0.5, 0.6) is 0 Å². The van der Waals surface area contributed by atoms with Gasteiger partial charge < -0.3 is 5.32 Å². The van der Waals surface area contributed by atoms with Gasteiger partial charge in [0.2, 0.25) is 10.0 Å². The molecular formula is C31H32N2O3S. The third kappa shape index (κ3) is 6.27. The summed E-state index contributed by atoms with van der Waals surface area (Å²) >= 11 is 0. The molecule has 37 heavy (non-hydrogen) atoms. The molecule has 4 aromatic rings. The highest BCUT2D eigenvalue weighted by Crippen LogP contribution is 2.29. The van der Waals surface area contributed by atoms with Gasteiger partial charge in [-0.1, -0.05) is 90.5 Å². The van der Waals surface area contributed by atoms with E-state index in [2.05, 4.69) is 11.4 Å². The maximum absolute atomic E-state index is 13.3. The molecule has 5 nitrogen and oxygen atoms in total. The molecule has 0 aliphatic heterocycles. The van der Waals surface area contributed by atoms with E-state index in [1.807, 2.05) is 99.6 Å². The smallest absolute Gasteiger partial charge is 0.252 e. The van der Waals surface area contributed by atoms with E-state index in [4.69, 9.17) is 0 Å². The first kappa shape index (κ1) is 26.2. The molecular weight excluding hydrogens is 480 g/mol. The molecule has 190 valence electrons. The maximum atomic E-state index is 13.3. The van der Waals surface area contributed by atoms with Crippen LogP contribution < -0.4 is 9.62 Å². The van der Waals surface area contributed by atoms with Gasteiger partial charge in [0.05, 0.1) is 24.5 Å². The minimum absolute atomic E-state index is 0.183. The van der Waals surface area contributed by atoms with Gasteiger partial charge in [0.25, 0.3) is 5.91 Å². The second kappa shape index (κ2) is 11.0. The molecule has 0 radical (unpaired) electrons. The Morgan fingerprint density at radius 2 is 1.38 bits per heavy atom. The summed E-state index contributed by atoms with van der Waals surface area (Å²) in [4.78, 5) is 13.3. The molecule has 0 aliphatic carbocycles. The number of nitrogens with one attached hydrogen (secondary N) is 1. The van der Waals surface area contributed by atoms with Crippen molar-refractivity contribution in [2.75, 3.05) is 10.6 Å². The SMILES string of the molecule is Cc1cccc([C@@H](NC(=O)c2ccc(CN(c3c(C)cccc3C)S(C)(=O)=O)cc2)c2ccccc2)c1. The van der Waals surface area contributed by atoms with E-state index in [0.717, 1.165) is 33.4 Å². The fourth-order valence-electron chi connectivity index (χ4n) is 4.56. The van der Waals surface area contributed by atoms with Crippen LogP contribution in [0.25, 0.3) is 0 Å². The van der Waals surface area contributed by atoms with Crippen LogP contribution in [0.15, 0.2) is 97.1 Å². The molecule has 0 fully saturated rings. The number of carbonyl (C=O) groups is 1. The number of para-hydroxylation sites is 1. The Kier molecular flexibility index (Phi) is 7.79. The Morgan fingerprint density at radius 3 is 1.97 bits per heavy atom. The van der Waals surface area contributed by atoms with Crippen molar-refractivity contribution in [3.63, 3.8) is 0 Å². The van der Waals surface area contributed by atoms with E-state index in [1.54, 1.807) is 12.1 Å². The summed E-state index contributed by atoms with van der Waals surface area (Å²) in [6.07, 6.45) is 1.22. The second-order valence-electron chi connectivity index (χ2n) is 9.44. The van der Waals surface area contributed by atoms with Crippen molar-refractivity contribution >= 4 is 21.6 Å². The molecule has 0 aliphatic rings. The van der Waals surface area contributed by atoms with Gasteiger partial charge in [-0.25, -0.2) is 8.42 Å². The van der Waals surface area contributed by atoms with Crippen molar-refractivity contribution in [3.8, 4) is 0 Å². The van der Waals surface area contributed by atoms with Gasteiger partial charge in [-0.15, -0.1) is 0 Å². The lowest BCUT2D eigenvalue weighted by molar-refractivity contribution is 0.0943. The van der Waals surface area contributed by atoms with Gasteiger partial charge in [-0.05, 0) is 60.7 Å². The van der Waals surface area contributed by atoms with Crippen LogP contribution >= 0.6 is 0 Å². The van der Waals surface area contributed by atoms with Gasteiger partial charge in [-0.3, -0.25) is 9.10 Å². The molecule has 6 heteroatoms. The first-order valence-corrected chi connectivity index (χ1v) is 14.0. The van der Waals surface area contributed by atoms with Crippen molar-refractivity contribution < 1.29 is 13.2 Å². The Bertz CT molecular complexity index is 1480. The van der Waals surface area contributed by atoms with Crippen LogP contribution in [0.1, 0.15) is 49.8 Å². The van der Waals surface area contributed by atoms with E-state index in [9.17, 15) is 13.2 Å². The summed E-state index contributed by atoms with van der Waals surface area (Å²) < 4.78 is 26.8. The minimum Gasteiger partial charge on any atom is -0.341 e. The lowest BCUT2D eigenvalue weighted by Gasteiger charge is -2.26. The van der Waals surface area contributed by atoms with Gasteiger partial charge in [0.1, 0.15) is 0 Å². The van der Waals surface area contributed by atoms with Crippen LogP contribution in [-0.4, -0.2) is 20.6 Å². The van der Waals surface area contributed by atoms with E-state index < -0.39 is 10.0 Å². The third-order valence-corrected chi connectivity index (χ3v) is 7.53. The lowest BCUT2D eigenvalue weighted by Crippen LogP contribution is -2.31. The zero-order valence-corrected chi connectivity index (χ0v) is 22.4. The monoisotopic (exact) mass is 512 g/mol. The Labute approximate surface area is 219 Å². The molecule has 1 atom stereocenters. The number of anilines is 1. The van der Waals surface area contributed by atoms with Gasteiger partial charge in [0.15, 0.2) is 0 Å². The topological polar surface area (TPSA) is 66.5 Å². The third-order valence-electron chi connectivity index (χ3n) is 6.42. The van der Waals surface area contributed by atoms with Crippen LogP contribution in [0.3, 0.4) is 0 Å². The number of aryl methyl sites for hydroxylation is 3. The number of benzene rings is 4. The Hall–Kier alpha value is -3.90. The van der Waals surface area contributed by atoms with Gasteiger partial charge >= 0.3 is 0 Å². The maximum Gasteiger partial charge on any atom is 0.252 e. The average Bonchev–Trinajstić information content (AvgIpc) is 2.87. The van der Waals surface area contributed by atoms with E-state index in [-0.39, 0.29) is 18.5 Å². The van der Waals surface area contributed by atoms with Crippen LogP contribution in [0.4, 0.5) is 5.69 Å². The molecule has 4 rings (SSSR count). The molecule has 0 saturated carbocycles. The highest BCUT2D eigenvalue weighted by atomic mass is 32.2. The molecule has 0 unspecified atom stereocenters. The number of rotatable bonds is 8. The van der Waals surface area contributed by atoms with Crippen LogP contribution in [0, 0.1) is 20.8 Å². The summed E-state index contributed by atoms with van der Waals surface area (Å²) in [5, 5.41) is 3.17. The average molecular weight is 513 g/mol. The van der Waals surface area contributed by atoms with Crippen molar-refractivity contribution in [1.82, 2.24) is 5.32 Å². The first-order valence-electron chi connectivity index (χ1n) is 12.2. The number of nitrogens with zero attached hydrogens (tertiary/aromatic N) is 1. The highest BCUT2D eigenvalue weighted by Gasteiger charge is 2.22. The highest BCUT2D eigenvalue weighted by molar-refractivity contribution is 7.92. The molecule has 1 amide bonds. The molecule has 4 aromatic carbocycles. The Balaban J connectivity index is 1.58. The number of sulfonamides is 1. The predicted molar refractivity (Wildman–Crippen MR) is 150 cm³/mol. The van der Waals surface area contributed by atoms with Crippen LogP contribution in [0.2, 0.25) is 0 Å². The predicted octanol–water partition coefficient (Wildman–Crippen LogP) is 6.10. The zero-order chi connectivity index (χ0) is 26.6. The standard InChI is InChI=1S/C31H32N2O3S/c1-22-10-8-15-28(20-22)29(26-13-6-5-7-14-26)32-31(34)27-18-16-25(17-19-27)21-33(37(4,35)36)30-23(2)11-9-12-24(30)3/h5-20,29H,21H2,1-4H3,(H,32,34)/t29-/m0/s1. The van der Waals surface area contributed by atoms with Crippen molar-refractivity contribution in [1.29, 1.82) is 0 Å². The quantitative estimate of drug-likeness (QED) is 0.310. The zero-order valence-electron chi connectivity index (χ0n) is 21.6. The minimum atomic E-state index is -3.51. The van der Waals surface area contributed by atoms with Crippen molar-refractivity contribution in [3.05, 3.63) is 136 Å². The van der Waals surface area contributed by atoms with E-state index in [0.29, 0.717) is 11.3 Å². The van der Waals surface area contributed by atoms with Crippen molar-refractivity contribution in [2.45, 2.75) is 33.4 Å². The van der Waals surface area contributed by atoms with E-state index >= 15 is 0 Å². The number of carbonyl (C=O) groups excluding carboxylic acids is 1. The van der Waals surface area contributed by atoms with Crippen molar-refractivity contribution in [2.24, 2.45) is 0 Å². The number of hydrogen-bond acceptors (Lipinski definition) is 3. The summed E-state index contributed by atoms with van der Waals surface area (Å²) in [6.45, 7) is 6.03.